The quantitative estimate of drug-likeness (QED) is 0.391. The van der Waals surface area contributed by atoms with E-state index in [1.165, 1.54) is 6.92 Å². The van der Waals surface area contributed by atoms with Crippen molar-refractivity contribution < 1.29 is 28.6 Å². The fraction of sp³-hybridized carbons (Fsp3) is 0.192. The molecule has 1 amide bonds. The molecule has 3 aromatic rings. The van der Waals surface area contributed by atoms with E-state index in [0.29, 0.717) is 0 Å². The third-order valence-electron chi connectivity index (χ3n) is 4.65. The smallest absolute Gasteiger partial charge is 0.407 e. The van der Waals surface area contributed by atoms with Gasteiger partial charge in [-0.3, -0.25) is 4.79 Å². The van der Waals surface area contributed by atoms with Crippen molar-refractivity contribution >= 4 is 18.0 Å². The number of amides is 1. The van der Waals surface area contributed by atoms with Crippen LogP contribution in [0.15, 0.2) is 91.0 Å². The molecule has 0 aliphatic rings. The average Bonchev–Trinajstić information content (AvgIpc) is 2.85. The van der Waals surface area contributed by atoms with Crippen LogP contribution < -0.4 is 5.32 Å². The third-order valence-corrected chi connectivity index (χ3v) is 4.65. The van der Waals surface area contributed by atoms with Crippen molar-refractivity contribution in [3.8, 4) is 0 Å². The number of alkyl carbamates (subject to hydrolysis) is 1. The Balaban J connectivity index is 1.65. The van der Waals surface area contributed by atoms with Gasteiger partial charge < -0.3 is 19.5 Å². The van der Waals surface area contributed by atoms with Crippen LogP contribution in [0.1, 0.15) is 29.7 Å². The van der Waals surface area contributed by atoms with Crippen molar-refractivity contribution in [3.05, 3.63) is 108 Å². The minimum Gasteiger partial charge on any atom is -0.450 e. The third kappa shape index (κ3) is 7.50. The normalized spacial score (nSPS) is 11.3. The lowest BCUT2D eigenvalue weighted by Crippen LogP contribution is -2.41. The molecule has 0 aliphatic heterocycles. The number of carbonyl (C=O) groups is 3. The Morgan fingerprint density at radius 3 is 1.79 bits per heavy atom. The van der Waals surface area contributed by atoms with Gasteiger partial charge in [-0.15, -0.1) is 0 Å². The lowest BCUT2D eigenvalue weighted by molar-refractivity contribution is -0.169. The fourth-order valence-corrected chi connectivity index (χ4v) is 3.10. The summed E-state index contributed by atoms with van der Waals surface area (Å²) in [6, 6.07) is 27.6. The van der Waals surface area contributed by atoms with Gasteiger partial charge in [0.25, 0.3) is 0 Å². The van der Waals surface area contributed by atoms with Crippen LogP contribution in [0.5, 0.6) is 0 Å². The molecule has 0 bridgehead atoms. The summed E-state index contributed by atoms with van der Waals surface area (Å²) in [5, 5.41) is 2.45. The maximum absolute atomic E-state index is 12.9. The fourth-order valence-electron chi connectivity index (χ4n) is 3.10. The molecule has 0 heterocycles. The zero-order valence-electron chi connectivity index (χ0n) is 18.2. The number of nitrogens with one attached hydrogen (secondary N) is 1. The van der Waals surface area contributed by atoms with Crippen molar-refractivity contribution in [1.82, 2.24) is 5.32 Å². The van der Waals surface area contributed by atoms with E-state index in [1.54, 1.807) is 0 Å². The van der Waals surface area contributed by atoms with E-state index in [-0.39, 0.29) is 13.2 Å². The summed E-state index contributed by atoms with van der Waals surface area (Å²) in [5.74, 6) is -1.46. The van der Waals surface area contributed by atoms with E-state index in [0.717, 1.165) is 16.7 Å². The predicted molar refractivity (Wildman–Crippen MR) is 121 cm³/mol. The van der Waals surface area contributed by atoms with E-state index in [2.05, 4.69) is 5.32 Å². The highest BCUT2D eigenvalue weighted by Gasteiger charge is 2.28. The molecule has 7 heteroatoms. The monoisotopic (exact) mass is 447 g/mol. The Morgan fingerprint density at radius 1 is 0.758 bits per heavy atom. The van der Waals surface area contributed by atoms with Gasteiger partial charge in [0.2, 0.25) is 6.10 Å². The number of esters is 2. The van der Waals surface area contributed by atoms with E-state index in [4.69, 9.17) is 14.2 Å². The minimum atomic E-state index is -1.33. The first-order chi connectivity index (χ1) is 16.0. The van der Waals surface area contributed by atoms with Gasteiger partial charge in [-0.25, -0.2) is 9.59 Å². The molecule has 0 aromatic heterocycles. The summed E-state index contributed by atoms with van der Waals surface area (Å²) in [6.07, 6.45) is -2.78. The molecule has 0 saturated heterocycles. The van der Waals surface area contributed by atoms with Crippen molar-refractivity contribution in [2.24, 2.45) is 0 Å². The number of ether oxygens (including phenoxy) is 3. The molecule has 0 fully saturated rings. The zero-order valence-corrected chi connectivity index (χ0v) is 18.2. The van der Waals surface area contributed by atoms with Crippen LogP contribution >= 0.6 is 0 Å². The number of carbonyl (C=O) groups excluding carboxylic acids is 3. The summed E-state index contributed by atoms with van der Waals surface area (Å²) in [6.45, 7) is 0.960. The van der Waals surface area contributed by atoms with Crippen LogP contribution in [0.2, 0.25) is 0 Å². The highest BCUT2D eigenvalue weighted by molar-refractivity contribution is 5.80. The lowest BCUT2D eigenvalue weighted by Gasteiger charge is -2.22. The van der Waals surface area contributed by atoms with Gasteiger partial charge in [-0.05, 0) is 16.7 Å². The second-order valence-electron chi connectivity index (χ2n) is 7.18. The molecule has 3 aromatic carbocycles. The second-order valence-corrected chi connectivity index (χ2v) is 7.18. The molecule has 0 radical (unpaired) electrons. The molecule has 0 saturated carbocycles. The van der Waals surface area contributed by atoms with Gasteiger partial charge in [-0.1, -0.05) is 91.0 Å². The topological polar surface area (TPSA) is 90.9 Å². The highest BCUT2D eigenvalue weighted by Crippen LogP contribution is 2.26. The molecule has 33 heavy (non-hydrogen) atoms. The van der Waals surface area contributed by atoms with Gasteiger partial charge >= 0.3 is 18.0 Å². The van der Waals surface area contributed by atoms with Crippen molar-refractivity contribution in [1.29, 1.82) is 0 Å². The summed E-state index contributed by atoms with van der Waals surface area (Å²) in [7, 11) is 0. The van der Waals surface area contributed by atoms with Crippen LogP contribution in [-0.2, 0) is 30.4 Å². The summed E-state index contributed by atoms with van der Waals surface area (Å²) in [4.78, 5) is 36.6. The predicted octanol–water partition coefficient (Wildman–Crippen LogP) is 4.18. The molecule has 0 spiro atoms. The first kappa shape index (κ1) is 23.5. The summed E-state index contributed by atoms with van der Waals surface area (Å²) < 4.78 is 16.0. The van der Waals surface area contributed by atoms with Crippen LogP contribution in [0.3, 0.4) is 0 Å². The van der Waals surface area contributed by atoms with E-state index in [9.17, 15) is 14.4 Å². The number of hydrogen-bond acceptors (Lipinski definition) is 6. The minimum absolute atomic E-state index is 0.0689. The Hall–Kier alpha value is -4.13. The van der Waals surface area contributed by atoms with Gasteiger partial charge in [0.15, 0.2) is 6.10 Å². The van der Waals surface area contributed by atoms with Crippen molar-refractivity contribution in [3.63, 3.8) is 0 Å². The molecular formula is C26H25NO6. The van der Waals surface area contributed by atoms with E-state index < -0.39 is 30.2 Å². The standard InChI is InChI=1S/C26H25NO6/c1-19(28)32-23(17-27-26(30)31-18-20-11-5-2-6-12-20)25(29)33-24(21-13-7-3-8-14-21)22-15-9-4-10-16-22/h2-16,23-24H,17-18H2,1H3,(H,27,30)/t23-/m0/s1. The molecule has 170 valence electrons. The van der Waals surface area contributed by atoms with Crippen molar-refractivity contribution in [2.45, 2.75) is 25.7 Å². The number of rotatable bonds is 9. The van der Waals surface area contributed by atoms with Crippen molar-refractivity contribution in [2.75, 3.05) is 6.54 Å². The van der Waals surface area contributed by atoms with E-state index in [1.807, 2.05) is 91.0 Å². The molecule has 1 atom stereocenters. The SMILES string of the molecule is CC(=O)O[C@@H](CNC(=O)OCc1ccccc1)C(=O)OC(c1ccccc1)c1ccccc1. The van der Waals surface area contributed by atoms with Gasteiger partial charge in [0, 0.05) is 6.92 Å². The lowest BCUT2D eigenvalue weighted by atomic mass is 10.0. The van der Waals surface area contributed by atoms with Crippen LogP contribution in [0.25, 0.3) is 0 Å². The molecule has 0 unspecified atom stereocenters. The highest BCUT2D eigenvalue weighted by atomic mass is 16.6. The van der Waals surface area contributed by atoms with Gasteiger partial charge in [0.1, 0.15) is 6.61 Å². The second kappa shape index (κ2) is 12.0. The molecule has 0 aliphatic carbocycles. The van der Waals surface area contributed by atoms with Crippen LogP contribution in [0.4, 0.5) is 4.79 Å². The molecular weight excluding hydrogens is 422 g/mol. The average molecular weight is 447 g/mol. The zero-order chi connectivity index (χ0) is 23.5. The van der Waals surface area contributed by atoms with Gasteiger partial charge in [0.05, 0.1) is 6.54 Å². The first-order valence-electron chi connectivity index (χ1n) is 10.4. The maximum Gasteiger partial charge on any atom is 0.407 e. The number of benzene rings is 3. The summed E-state index contributed by atoms with van der Waals surface area (Å²) >= 11 is 0. The Bertz CT molecular complexity index is 1000. The van der Waals surface area contributed by atoms with Gasteiger partial charge in [-0.2, -0.15) is 0 Å². The maximum atomic E-state index is 12.9. The Kier molecular flexibility index (Phi) is 8.59. The molecule has 3 rings (SSSR count). The molecule has 7 nitrogen and oxygen atoms in total. The summed E-state index contributed by atoms with van der Waals surface area (Å²) in [5.41, 5.74) is 2.33. The first-order valence-corrected chi connectivity index (χ1v) is 10.4. The Morgan fingerprint density at radius 2 is 1.27 bits per heavy atom. The number of hydrogen-bond donors (Lipinski definition) is 1. The Labute approximate surface area is 192 Å². The molecule has 1 N–H and O–H groups in total. The van der Waals surface area contributed by atoms with Crippen LogP contribution in [0, 0.1) is 0 Å². The van der Waals surface area contributed by atoms with E-state index >= 15 is 0 Å². The van der Waals surface area contributed by atoms with Crippen LogP contribution in [-0.4, -0.2) is 30.7 Å². The largest absolute Gasteiger partial charge is 0.450 e.